The molecule has 0 aromatic rings. The molecule has 0 unspecified atom stereocenters. The lowest BCUT2D eigenvalue weighted by Gasteiger charge is -2.48. The Morgan fingerprint density at radius 2 is 1.82 bits per heavy atom. The van der Waals surface area contributed by atoms with Crippen molar-refractivity contribution < 1.29 is 24.1 Å². The number of hydrogen-bond acceptors (Lipinski definition) is 5. The molecule has 0 amide bonds. The first-order valence-corrected chi connectivity index (χ1v) is 8.10. The van der Waals surface area contributed by atoms with Crippen molar-refractivity contribution in [1.29, 1.82) is 0 Å². The molecule has 22 heavy (non-hydrogen) atoms. The number of aliphatic hydroxyl groups excluding tert-OH is 1. The van der Waals surface area contributed by atoms with Gasteiger partial charge < -0.3 is 24.1 Å². The maximum absolute atomic E-state index is 8.98. The summed E-state index contributed by atoms with van der Waals surface area (Å²) in [5.41, 5.74) is 0. The Morgan fingerprint density at radius 1 is 1.14 bits per heavy atom. The molecule has 0 aromatic heterocycles. The lowest BCUT2D eigenvalue weighted by atomic mass is 9.85. The van der Waals surface area contributed by atoms with Crippen LogP contribution in [0.5, 0.6) is 0 Å². The van der Waals surface area contributed by atoms with Gasteiger partial charge in [-0.2, -0.15) is 0 Å². The highest BCUT2D eigenvalue weighted by Crippen LogP contribution is 2.39. The highest BCUT2D eigenvalue weighted by molar-refractivity contribution is 4.97. The van der Waals surface area contributed by atoms with E-state index in [0.29, 0.717) is 6.61 Å². The molecule has 0 aliphatic carbocycles. The summed E-state index contributed by atoms with van der Waals surface area (Å²) in [5, 5.41) is 8.98. The van der Waals surface area contributed by atoms with Crippen molar-refractivity contribution in [3.05, 3.63) is 12.2 Å². The topological polar surface area (TPSA) is 57.2 Å². The van der Waals surface area contributed by atoms with Gasteiger partial charge in [0.25, 0.3) is 0 Å². The molecule has 2 saturated heterocycles. The van der Waals surface area contributed by atoms with Crippen LogP contribution in [0.25, 0.3) is 0 Å². The molecular formula is C17H30O5. The Morgan fingerprint density at radius 3 is 2.36 bits per heavy atom. The van der Waals surface area contributed by atoms with Crippen molar-refractivity contribution in [1.82, 2.24) is 0 Å². The fourth-order valence-electron chi connectivity index (χ4n) is 3.35. The molecule has 0 radical (unpaired) electrons. The summed E-state index contributed by atoms with van der Waals surface area (Å²) in [6, 6.07) is 0. The third-order valence-corrected chi connectivity index (χ3v) is 4.34. The quantitative estimate of drug-likeness (QED) is 0.808. The highest BCUT2D eigenvalue weighted by Gasteiger charge is 2.49. The first kappa shape index (κ1) is 17.9. The van der Waals surface area contributed by atoms with Gasteiger partial charge in [0.2, 0.25) is 0 Å². The maximum Gasteiger partial charge on any atom is 0.163 e. The highest BCUT2D eigenvalue weighted by atomic mass is 16.8. The van der Waals surface area contributed by atoms with E-state index in [-0.39, 0.29) is 36.8 Å². The summed E-state index contributed by atoms with van der Waals surface area (Å²) >= 11 is 0. The van der Waals surface area contributed by atoms with E-state index in [1.54, 1.807) is 6.08 Å². The summed E-state index contributed by atoms with van der Waals surface area (Å²) in [7, 11) is 0. The number of rotatable bonds is 4. The van der Waals surface area contributed by atoms with Gasteiger partial charge in [-0.15, -0.1) is 0 Å². The zero-order valence-electron chi connectivity index (χ0n) is 14.5. The molecule has 2 fully saturated rings. The fraction of sp³-hybridized carbons (Fsp3) is 0.882. The third kappa shape index (κ3) is 4.09. The Labute approximate surface area is 133 Å². The summed E-state index contributed by atoms with van der Waals surface area (Å²) in [6.07, 6.45) is 3.58. The molecule has 128 valence electrons. The Kier molecular flexibility index (Phi) is 5.34. The van der Waals surface area contributed by atoms with Crippen molar-refractivity contribution >= 4 is 0 Å². The summed E-state index contributed by atoms with van der Waals surface area (Å²) < 4.78 is 24.0. The molecule has 2 aliphatic heterocycles. The number of hydrogen-bond donors (Lipinski definition) is 1. The van der Waals surface area contributed by atoms with E-state index in [9.17, 15) is 0 Å². The monoisotopic (exact) mass is 314 g/mol. The van der Waals surface area contributed by atoms with Gasteiger partial charge in [-0.3, -0.25) is 0 Å². The number of aliphatic hydroxyl groups is 1. The minimum atomic E-state index is -0.667. The van der Waals surface area contributed by atoms with E-state index in [1.165, 1.54) is 0 Å². The van der Waals surface area contributed by atoms with Gasteiger partial charge in [0, 0.05) is 11.8 Å². The molecule has 5 atom stereocenters. The predicted molar refractivity (Wildman–Crippen MR) is 83.3 cm³/mol. The fourth-order valence-corrected chi connectivity index (χ4v) is 3.35. The second kappa shape index (κ2) is 6.57. The van der Waals surface area contributed by atoms with E-state index in [2.05, 4.69) is 13.8 Å². The Bertz CT molecular complexity index is 404. The van der Waals surface area contributed by atoms with Crippen LogP contribution in [0.2, 0.25) is 0 Å². The van der Waals surface area contributed by atoms with Crippen molar-refractivity contribution in [2.24, 2.45) is 11.8 Å². The smallest absolute Gasteiger partial charge is 0.163 e. The molecular weight excluding hydrogens is 284 g/mol. The first-order chi connectivity index (χ1) is 10.2. The van der Waals surface area contributed by atoms with Crippen LogP contribution in [0.3, 0.4) is 0 Å². The van der Waals surface area contributed by atoms with Crippen LogP contribution < -0.4 is 0 Å². The van der Waals surface area contributed by atoms with Crippen molar-refractivity contribution in [3.8, 4) is 0 Å². The molecule has 0 aromatic carbocycles. The van der Waals surface area contributed by atoms with Crippen LogP contribution in [-0.4, -0.2) is 48.2 Å². The minimum absolute atomic E-state index is 0.00358. The van der Waals surface area contributed by atoms with Gasteiger partial charge in [0.05, 0.1) is 25.4 Å². The van der Waals surface area contributed by atoms with Crippen LogP contribution in [0.15, 0.2) is 12.2 Å². The largest absolute Gasteiger partial charge is 0.392 e. The lowest BCUT2D eigenvalue weighted by Crippen LogP contribution is -2.56. The van der Waals surface area contributed by atoms with Gasteiger partial charge >= 0.3 is 0 Å². The van der Waals surface area contributed by atoms with Crippen LogP contribution >= 0.6 is 0 Å². The van der Waals surface area contributed by atoms with E-state index in [0.717, 1.165) is 0 Å². The SMILES string of the molecule is C[C@H]1[C@@H]([C@H](C)/C=C/CO)OC(C)(C)O[C@@H]1[C@H]1COC(C)(C)O1. The molecule has 5 nitrogen and oxygen atoms in total. The molecule has 5 heteroatoms. The Balaban J connectivity index is 2.15. The second-order valence-corrected chi connectivity index (χ2v) is 7.26. The van der Waals surface area contributed by atoms with E-state index in [1.807, 2.05) is 33.8 Å². The molecule has 2 rings (SSSR count). The molecule has 0 bridgehead atoms. The molecule has 2 heterocycles. The molecule has 0 spiro atoms. The maximum atomic E-state index is 8.98. The van der Waals surface area contributed by atoms with Crippen LogP contribution in [0, 0.1) is 11.8 Å². The second-order valence-electron chi connectivity index (χ2n) is 7.26. The Hall–Kier alpha value is -0.460. The van der Waals surface area contributed by atoms with Gasteiger partial charge in [0.15, 0.2) is 11.6 Å². The van der Waals surface area contributed by atoms with E-state index in [4.69, 9.17) is 24.1 Å². The van der Waals surface area contributed by atoms with Crippen molar-refractivity contribution in [2.45, 2.75) is 71.4 Å². The number of ether oxygens (including phenoxy) is 4. The first-order valence-electron chi connectivity index (χ1n) is 8.10. The van der Waals surface area contributed by atoms with Gasteiger partial charge in [0.1, 0.15) is 6.10 Å². The van der Waals surface area contributed by atoms with Gasteiger partial charge in [-0.25, -0.2) is 0 Å². The third-order valence-electron chi connectivity index (χ3n) is 4.34. The average molecular weight is 314 g/mol. The lowest BCUT2D eigenvalue weighted by molar-refractivity contribution is -0.339. The molecule has 0 saturated carbocycles. The average Bonchev–Trinajstić information content (AvgIpc) is 2.78. The molecule has 1 N–H and O–H groups in total. The summed E-state index contributed by atoms with van der Waals surface area (Å²) in [5.74, 6) is -0.884. The normalized spacial score (nSPS) is 39.2. The van der Waals surface area contributed by atoms with Gasteiger partial charge in [-0.1, -0.05) is 26.0 Å². The molecule has 2 aliphatic rings. The minimum Gasteiger partial charge on any atom is -0.392 e. The van der Waals surface area contributed by atoms with Crippen LogP contribution in [0.1, 0.15) is 41.5 Å². The van der Waals surface area contributed by atoms with E-state index >= 15 is 0 Å². The zero-order valence-corrected chi connectivity index (χ0v) is 14.5. The standard InChI is InChI=1S/C17H30O5/c1-11(8-7-9-18)14-12(2)15(22-17(5,6)21-14)13-10-19-16(3,4)20-13/h7-8,11-15,18H,9-10H2,1-6H3/b8-7+/t11-,12+,13-,14-,15+/m1/s1. The van der Waals surface area contributed by atoms with Gasteiger partial charge in [-0.05, 0) is 27.7 Å². The van der Waals surface area contributed by atoms with Crippen LogP contribution in [-0.2, 0) is 18.9 Å². The summed E-state index contributed by atoms with van der Waals surface area (Å²) in [4.78, 5) is 0. The predicted octanol–water partition coefficient (Wildman–Crippen LogP) is 2.48. The van der Waals surface area contributed by atoms with E-state index < -0.39 is 11.6 Å². The van der Waals surface area contributed by atoms with Crippen molar-refractivity contribution in [3.63, 3.8) is 0 Å². The zero-order chi connectivity index (χ0) is 16.5. The van der Waals surface area contributed by atoms with Crippen LogP contribution in [0.4, 0.5) is 0 Å². The van der Waals surface area contributed by atoms with Crippen molar-refractivity contribution in [2.75, 3.05) is 13.2 Å². The summed E-state index contributed by atoms with van der Waals surface area (Å²) in [6.45, 7) is 12.5.